The molecule has 0 saturated carbocycles. The minimum absolute atomic E-state index is 0.196. The smallest absolute Gasteiger partial charge is 0.132 e. The van der Waals surface area contributed by atoms with Crippen LogP contribution in [0.2, 0.25) is 0 Å². The molecule has 14 heavy (non-hydrogen) atoms. The van der Waals surface area contributed by atoms with Gasteiger partial charge in [0.2, 0.25) is 0 Å². The van der Waals surface area contributed by atoms with Crippen LogP contribution in [0.25, 0.3) is 0 Å². The molecule has 0 radical (unpaired) electrons. The van der Waals surface area contributed by atoms with Crippen LogP contribution in [0.3, 0.4) is 0 Å². The van der Waals surface area contributed by atoms with Crippen LogP contribution in [-0.4, -0.2) is 43.0 Å². The fraction of sp³-hybridized carbons (Fsp3) is 0.909. The normalized spacial score (nSPS) is 11.3. The lowest BCUT2D eigenvalue weighted by Gasteiger charge is -2.24. The van der Waals surface area contributed by atoms with Gasteiger partial charge in [-0.05, 0) is 27.3 Å². The van der Waals surface area contributed by atoms with Gasteiger partial charge < -0.3 is 4.74 Å². The van der Waals surface area contributed by atoms with Gasteiger partial charge in [-0.2, -0.15) is 0 Å². The highest BCUT2D eigenvalue weighted by molar-refractivity contribution is 5.75. The molecule has 0 unspecified atom stereocenters. The lowest BCUT2D eigenvalue weighted by Crippen LogP contribution is -2.33. The van der Waals surface area contributed by atoms with Gasteiger partial charge in [0.05, 0.1) is 13.2 Å². The fourth-order valence-electron chi connectivity index (χ4n) is 1.28. The zero-order chi connectivity index (χ0) is 11.0. The van der Waals surface area contributed by atoms with E-state index in [9.17, 15) is 4.79 Å². The molecule has 0 bridgehead atoms. The van der Waals surface area contributed by atoms with E-state index in [1.54, 1.807) is 6.92 Å². The van der Waals surface area contributed by atoms with Gasteiger partial charge in [-0.1, -0.05) is 6.92 Å². The Morgan fingerprint density at radius 2 is 2.00 bits per heavy atom. The SMILES string of the molecule is CCN(CCOCCC(C)=O)C(C)C. The second kappa shape index (κ2) is 7.94. The molecule has 0 spiro atoms. The Kier molecular flexibility index (Phi) is 7.71. The van der Waals surface area contributed by atoms with Gasteiger partial charge in [-0.3, -0.25) is 9.69 Å². The van der Waals surface area contributed by atoms with Gasteiger partial charge >= 0.3 is 0 Å². The summed E-state index contributed by atoms with van der Waals surface area (Å²) in [5, 5.41) is 0. The number of hydrogen-bond donors (Lipinski definition) is 0. The van der Waals surface area contributed by atoms with Crippen LogP contribution in [0, 0.1) is 0 Å². The maximum Gasteiger partial charge on any atom is 0.132 e. The lowest BCUT2D eigenvalue weighted by atomic mass is 10.3. The van der Waals surface area contributed by atoms with Gasteiger partial charge in [-0.25, -0.2) is 0 Å². The molecule has 0 amide bonds. The van der Waals surface area contributed by atoms with E-state index in [2.05, 4.69) is 25.7 Å². The molecule has 0 atom stereocenters. The first-order valence-corrected chi connectivity index (χ1v) is 5.39. The molecule has 0 aliphatic heterocycles. The minimum Gasteiger partial charge on any atom is -0.380 e. The third kappa shape index (κ3) is 7.04. The van der Waals surface area contributed by atoms with Crippen molar-refractivity contribution >= 4 is 5.78 Å². The van der Waals surface area contributed by atoms with Crippen molar-refractivity contribution in [1.82, 2.24) is 4.90 Å². The van der Waals surface area contributed by atoms with E-state index < -0.39 is 0 Å². The lowest BCUT2D eigenvalue weighted by molar-refractivity contribution is -0.118. The fourth-order valence-corrected chi connectivity index (χ4v) is 1.28. The largest absolute Gasteiger partial charge is 0.380 e. The summed E-state index contributed by atoms with van der Waals surface area (Å²) < 4.78 is 5.36. The van der Waals surface area contributed by atoms with Crippen molar-refractivity contribution in [3.05, 3.63) is 0 Å². The van der Waals surface area contributed by atoms with Gasteiger partial charge in [0.1, 0.15) is 5.78 Å². The molecule has 0 rings (SSSR count). The molecule has 0 fully saturated rings. The molecule has 0 aromatic carbocycles. The zero-order valence-corrected chi connectivity index (χ0v) is 9.88. The van der Waals surface area contributed by atoms with Crippen molar-refractivity contribution in [3.63, 3.8) is 0 Å². The molecule has 3 nitrogen and oxygen atoms in total. The molecule has 84 valence electrons. The van der Waals surface area contributed by atoms with Crippen LogP contribution in [0.4, 0.5) is 0 Å². The molecule has 0 saturated heterocycles. The molecular weight excluding hydrogens is 178 g/mol. The summed E-state index contributed by atoms with van der Waals surface area (Å²) in [7, 11) is 0. The summed E-state index contributed by atoms with van der Waals surface area (Å²) in [6.45, 7) is 11.4. The Bertz CT molecular complexity index is 157. The Labute approximate surface area is 87.4 Å². The molecule has 0 N–H and O–H groups in total. The molecule has 0 aromatic rings. The second-order valence-electron chi connectivity index (χ2n) is 3.79. The monoisotopic (exact) mass is 201 g/mol. The van der Waals surface area contributed by atoms with Crippen molar-refractivity contribution in [1.29, 1.82) is 0 Å². The van der Waals surface area contributed by atoms with E-state index >= 15 is 0 Å². The Morgan fingerprint density at radius 3 is 2.43 bits per heavy atom. The van der Waals surface area contributed by atoms with Crippen molar-refractivity contribution in [2.45, 2.75) is 40.2 Å². The summed E-state index contributed by atoms with van der Waals surface area (Å²) in [4.78, 5) is 13.0. The Morgan fingerprint density at radius 1 is 1.36 bits per heavy atom. The molecule has 0 heterocycles. The van der Waals surface area contributed by atoms with E-state index in [0.29, 0.717) is 19.1 Å². The van der Waals surface area contributed by atoms with Gasteiger partial charge in [0.25, 0.3) is 0 Å². The number of nitrogens with zero attached hydrogens (tertiary/aromatic N) is 1. The number of ether oxygens (including phenoxy) is 1. The number of likely N-dealkylation sites (N-methyl/N-ethyl adjacent to an activating group) is 1. The van der Waals surface area contributed by atoms with Crippen LogP contribution in [0.1, 0.15) is 34.1 Å². The van der Waals surface area contributed by atoms with Crippen LogP contribution >= 0.6 is 0 Å². The van der Waals surface area contributed by atoms with Crippen LogP contribution in [0.15, 0.2) is 0 Å². The van der Waals surface area contributed by atoms with E-state index in [4.69, 9.17) is 4.74 Å². The quantitative estimate of drug-likeness (QED) is 0.560. The van der Waals surface area contributed by atoms with Crippen LogP contribution < -0.4 is 0 Å². The highest BCUT2D eigenvalue weighted by atomic mass is 16.5. The first-order valence-electron chi connectivity index (χ1n) is 5.39. The molecule has 0 aliphatic carbocycles. The first kappa shape index (κ1) is 13.6. The summed E-state index contributed by atoms with van der Waals surface area (Å²) in [6.07, 6.45) is 0.536. The maximum atomic E-state index is 10.6. The van der Waals surface area contributed by atoms with E-state index in [1.165, 1.54) is 0 Å². The number of hydrogen-bond acceptors (Lipinski definition) is 3. The average Bonchev–Trinajstić information content (AvgIpc) is 2.10. The number of ketones is 1. The average molecular weight is 201 g/mol. The Hall–Kier alpha value is -0.410. The predicted molar refractivity (Wildman–Crippen MR) is 58.5 cm³/mol. The van der Waals surface area contributed by atoms with Gasteiger partial charge in [0.15, 0.2) is 0 Å². The summed E-state index contributed by atoms with van der Waals surface area (Å²) in [5.41, 5.74) is 0. The van der Waals surface area contributed by atoms with Gasteiger partial charge in [0, 0.05) is 19.0 Å². The molecule has 3 heteroatoms. The highest BCUT2D eigenvalue weighted by Gasteiger charge is 2.05. The summed E-state index contributed by atoms with van der Waals surface area (Å²) in [6, 6.07) is 0.566. The topological polar surface area (TPSA) is 29.5 Å². The van der Waals surface area contributed by atoms with Crippen molar-refractivity contribution in [2.24, 2.45) is 0 Å². The van der Waals surface area contributed by atoms with Crippen LogP contribution in [-0.2, 0) is 9.53 Å². The van der Waals surface area contributed by atoms with Gasteiger partial charge in [-0.15, -0.1) is 0 Å². The van der Waals surface area contributed by atoms with Crippen molar-refractivity contribution < 1.29 is 9.53 Å². The highest BCUT2D eigenvalue weighted by Crippen LogP contribution is 1.96. The zero-order valence-electron chi connectivity index (χ0n) is 9.88. The number of Topliss-reactive ketones (excluding diaryl/α,β-unsaturated/α-hetero) is 1. The van der Waals surface area contributed by atoms with Crippen molar-refractivity contribution in [2.75, 3.05) is 26.3 Å². The standard InChI is InChI=1S/C11H23NO2/c1-5-12(10(2)3)7-9-14-8-6-11(4)13/h10H,5-9H2,1-4H3. The third-order valence-electron chi connectivity index (χ3n) is 2.26. The summed E-state index contributed by atoms with van der Waals surface area (Å²) in [5.74, 6) is 0.196. The molecular formula is C11H23NO2. The van der Waals surface area contributed by atoms with E-state index in [0.717, 1.165) is 19.7 Å². The van der Waals surface area contributed by atoms with E-state index in [-0.39, 0.29) is 5.78 Å². The molecule has 0 aromatic heterocycles. The number of rotatable bonds is 8. The van der Waals surface area contributed by atoms with Crippen molar-refractivity contribution in [3.8, 4) is 0 Å². The third-order valence-corrected chi connectivity index (χ3v) is 2.26. The van der Waals surface area contributed by atoms with Crippen LogP contribution in [0.5, 0.6) is 0 Å². The van der Waals surface area contributed by atoms with E-state index in [1.807, 2.05) is 0 Å². The summed E-state index contributed by atoms with van der Waals surface area (Å²) >= 11 is 0. The number of carbonyl (C=O) groups is 1. The first-order chi connectivity index (χ1) is 6.57. The number of carbonyl (C=O) groups excluding carboxylic acids is 1. The maximum absolute atomic E-state index is 10.6. The minimum atomic E-state index is 0.196. The molecule has 0 aliphatic rings. The second-order valence-corrected chi connectivity index (χ2v) is 3.79. The Balaban J connectivity index is 3.38. The predicted octanol–water partition coefficient (Wildman–Crippen LogP) is 1.71.